The van der Waals surface area contributed by atoms with E-state index < -0.39 is 6.09 Å². The standard InChI is InChI=1S/C15H22N2O4/c1-20-13-4-3-12(11-14(13)21-2)5-6-16-7-9-17(10-8-16)15(18)19/h3-4,11H,5-10H2,1-2H3,(H,18,19). The minimum Gasteiger partial charge on any atom is -0.493 e. The zero-order chi connectivity index (χ0) is 15.2. The molecule has 0 atom stereocenters. The van der Waals surface area contributed by atoms with E-state index >= 15 is 0 Å². The van der Waals surface area contributed by atoms with Crippen molar-refractivity contribution in [3.63, 3.8) is 0 Å². The average Bonchev–Trinajstić information content (AvgIpc) is 2.52. The summed E-state index contributed by atoms with van der Waals surface area (Å²) in [6, 6.07) is 5.94. The maximum Gasteiger partial charge on any atom is 0.407 e. The first-order chi connectivity index (χ1) is 10.1. The Labute approximate surface area is 124 Å². The molecular formula is C15H22N2O4. The Kier molecular flexibility index (Phi) is 5.27. The fraction of sp³-hybridized carbons (Fsp3) is 0.533. The number of methoxy groups -OCH3 is 2. The van der Waals surface area contributed by atoms with Crippen LogP contribution in [0.1, 0.15) is 5.56 Å². The molecule has 116 valence electrons. The van der Waals surface area contributed by atoms with Gasteiger partial charge in [0.1, 0.15) is 0 Å². The number of benzene rings is 1. The van der Waals surface area contributed by atoms with Crippen molar-refractivity contribution in [1.29, 1.82) is 0 Å². The van der Waals surface area contributed by atoms with Crippen LogP contribution in [-0.4, -0.2) is 67.9 Å². The molecule has 0 radical (unpaired) electrons. The van der Waals surface area contributed by atoms with Crippen molar-refractivity contribution >= 4 is 6.09 Å². The molecule has 1 aliphatic rings. The van der Waals surface area contributed by atoms with Crippen LogP contribution in [0, 0.1) is 0 Å². The van der Waals surface area contributed by atoms with Gasteiger partial charge in [-0.1, -0.05) is 6.07 Å². The van der Waals surface area contributed by atoms with E-state index in [-0.39, 0.29) is 0 Å². The second-order valence-electron chi connectivity index (χ2n) is 5.05. The lowest BCUT2D eigenvalue weighted by Crippen LogP contribution is -2.48. The molecule has 21 heavy (non-hydrogen) atoms. The molecule has 1 saturated heterocycles. The third-order valence-electron chi connectivity index (χ3n) is 3.81. The summed E-state index contributed by atoms with van der Waals surface area (Å²) in [5.74, 6) is 1.47. The Morgan fingerprint density at radius 2 is 1.81 bits per heavy atom. The highest BCUT2D eigenvalue weighted by atomic mass is 16.5. The van der Waals surface area contributed by atoms with E-state index in [0.29, 0.717) is 13.1 Å². The number of amides is 1. The second-order valence-corrected chi connectivity index (χ2v) is 5.05. The van der Waals surface area contributed by atoms with Gasteiger partial charge >= 0.3 is 6.09 Å². The monoisotopic (exact) mass is 294 g/mol. The molecule has 0 bridgehead atoms. The molecule has 1 fully saturated rings. The number of nitrogens with zero attached hydrogens (tertiary/aromatic N) is 2. The van der Waals surface area contributed by atoms with Crippen LogP contribution in [0.2, 0.25) is 0 Å². The number of rotatable bonds is 5. The Hall–Kier alpha value is -1.95. The third-order valence-corrected chi connectivity index (χ3v) is 3.81. The van der Waals surface area contributed by atoms with Crippen LogP contribution in [0.3, 0.4) is 0 Å². The van der Waals surface area contributed by atoms with Gasteiger partial charge in [0.15, 0.2) is 11.5 Å². The van der Waals surface area contributed by atoms with Gasteiger partial charge < -0.3 is 19.5 Å². The van der Waals surface area contributed by atoms with Gasteiger partial charge in [0.05, 0.1) is 14.2 Å². The zero-order valence-electron chi connectivity index (χ0n) is 12.5. The van der Waals surface area contributed by atoms with Crippen molar-refractivity contribution in [2.75, 3.05) is 46.9 Å². The van der Waals surface area contributed by atoms with Crippen molar-refractivity contribution in [3.05, 3.63) is 23.8 Å². The summed E-state index contributed by atoms with van der Waals surface area (Å²) in [7, 11) is 3.26. The molecule has 1 amide bonds. The number of hydrogen-bond acceptors (Lipinski definition) is 4. The molecule has 2 rings (SSSR count). The Morgan fingerprint density at radius 1 is 1.14 bits per heavy atom. The minimum absolute atomic E-state index is 0.585. The molecule has 0 aromatic heterocycles. The van der Waals surface area contributed by atoms with Crippen molar-refractivity contribution in [2.24, 2.45) is 0 Å². The first-order valence-corrected chi connectivity index (χ1v) is 7.05. The number of carbonyl (C=O) groups is 1. The van der Waals surface area contributed by atoms with Gasteiger partial charge in [0.25, 0.3) is 0 Å². The van der Waals surface area contributed by atoms with E-state index in [9.17, 15) is 4.79 Å². The van der Waals surface area contributed by atoms with E-state index in [1.54, 1.807) is 14.2 Å². The normalized spacial score (nSPS) is 15.8. The summed E-state index contributed by atoms with van der Waals surface area (Å²) in [6.45, 7) is 3.67. The zero-order valence-corrected chi connectivity index (χ0v) is 12.5. The van der Waals surface area contributed by atoms with E-state index in [1.165, 1.54) is 10.5 Å². The molecule has 1 N–H and O–H groups in total. The molecule has 1 aliphatic heterocycles. The van der Waals surface area contributed by atoms with E-state index in [0.717, 1.165) is 37.6 Å². The summed E-state index contributed by atoms with van der Waals surface area (Å²) in [5, 5.41) is 8.92. The van der Waals surface area contributed by atoms with Gasteiger partial charge in [-0.05, 0) is 24.1 Å². The topological polar surface area (TPSA) is 62.2 Å². The summed E-state index contributed by atoms with van der Waals surface area (Å²) in [5.41, 5.74) is 1.19. The van der Waals surface area contributed by atoms with Crippen LogP contribution in [0.4, 0.5) is 4.79 Å². The predicted octanol–water partition coefficient (Wildman–Crippen LogP) is 1.54. The number of carboxylic acid groups (broad SMARTS) is 1. The number of ether oxygens (including phenoxy) is 2. The van der Waals surface area contributed by atoms with Crippen LogP contribution >= 0.6 is 0 Å². The molecule has 1 aromatic rings. The summed E-state index contributed by atoms with van der Waals surface area (Å²) >= 11 is 0. The Morgan fingerprint density at radius 3 is 2.38 bits per heavy atom. The highest BCUT2D eigenvalue weighted by Gasteiger charge is 2.19. The fourth-order valence-corrected chi connectivity index (χ4v) is 2.49. The SMILES string of the molecule is COc1ccc(CCN2CCN(C(=O)O)CC2)cc1OC. The quantitative estimate of drug-likeness (QED) is 0.892. The van der Waals surface area contributed by atoms with Crippen molar-refractivity contribution in [2.45, 2.75) is 6.42 Å². The lowest BCUT2D eigenvalue weighted by atomic mass is 10.1. The first-order valence-electron chi connectivity index (χ1n) is 7.05. The largest absolute Gasteiger partial charge is 0.493 e. The van der Waals surface area contributed by atoms with Gasteiger partial charge in [0, 0.05) is 32.7 Å². The Balaban J connectivity index is 1.85. The summed E-state index contributed by atoms with van der Waals surface area (Å²) in [6.07, 6.45) is 0.0856. The molecule has 1 heterocycles. The average molecular weight is 294 g/mol. The van der Waals surface area contributed by atoms with Crippen LogP contribution in [0.15, 0.2) is 18.2 Å². The van der Waals surface area contributed by atoms with Crippen molar-refractivity contribution < 1.29 is 19.4 Å². The van der Waals surface area contributed by atoms with Crippen LogP contribution in [0.25, 0.3) is 0 Å². The fourth-order valence-electron chi connectivity index (χ4n) is 2.49. The van der Waals surface area contributed by atoms with Gasteiger partial charge in [-0.25, -0.2) is 4.79 Å². The van der Waals surface area contributed by atoms with Crippen molar-refractivity contribution in [1.82, 2.24) is 9.80 Å². The highest BCUT2D eigenvalue weighted by molar-refractivity contribution is 5.65. The smallest absolute Gasteiger partial charge is 0.407 e. The maximum absolute atomic E-state index is 10.9. The predicted molar refractivity (Wildman–Crippen MR) is 79.3 cm³/mol. The molecule has 0 unspecified atom stereocenters. The van der Waals surface area contributed by atoms with Gasteiger partial charge in [-0.3, -0.25) is 4.90 Å². The molecule has 0 aliphatic carbocycles. The number of hydrogen-bond donors (Lipinski definition) is 1. The molecule has 1 aromatic carbocycles. The highest BCUT2D eigenvalue weighted by Crippen LogP contribution is 2.27. The molecular weight excluding hydrogens is 272 g/mol. The molecule has 0 spiro atoms. The Bertz CT molecular complexity index is 485. The second kappa shape index (κ2) is 7.17. The third kappa shape index (κ3) is 4.01. The van der Waals surface area contributed by atoms with E-state index in [1.807, 2.05) is 18.2 Å². The lowest BCUT2D eigenvalue weighted by Gasteiger charge is -2.33. The number of piperazine rings is 1. The first kappa shape index (κ1) is 15.4. The van der Waals surface area contributed by atoms with E-state index in [4.69, 9.17) is 14.6 Å². The summed E-state index contributed by atoms with van der Waals surface area (Å²) < 4.78 is 10.5. The van der Waals surface area contributed by atoms with Gasteiger partial charge in [0.2, 0.25) is 0 Å². The van der Waals surface area contributed by atoms with Gasteiger partial charge in [-0.15, -0.1) is 0 Å². The van der Waals surface area contributed by atoms with Crippen LogP contribution in [0.5, 0.6) is 11.5 Å². The van der Waals surface area contributed by atoms with E-state index in [2.05, 4.69) is 4.90 Å². The minimum atomic E-state index is -0.824. The van der Waals surface area contributed by atoms with Gasteiger partial charge in [-0.2, -0.15) is 0 Å². The van der Waals surface area contributed by atoms with Crippen LogP contribution in [-0.2, 0) is 6.42 Å². The lowest BCUT2D eigenvalue weighted by molar-refractivity contribution is 0.106. The molecule has 0 saturated carbocycles. The summed E-state index contributed by atoms with van der Waals surface area (Å²) in [4.78, 5) is 14.6. The maximum atomic E-state index is 10.9. The van der Waals surface area contributed by atoms with Crippen molar-refractivity contribution in [3.8, 4) is 11.5 Å². The molecule has 6 heteroatoms. The molecule has 6 nitrogen and oxygen atoms in total. The van der Waals surface area contributed by atoms with Crippen LogP contribution < -0.4 is 9.47 Å².